The topological polar surface area (TPSA) is 93.5 Å². The van der Waals surface area contributed by atoms with Gasteiger partial charge in [-0.2, -0.15) is 22.3 Å². The molecule has 1 saturated heterocycles. The van der Waals surface area contributed by atoms with Crippen molar-refractivity contribution in [3.63, 3.8) is 0 Å². The van der Waals surface area contributed by atoms with Crippen LogP contribution in [0.2, 0.25) is 0 Å². The minimum absolute atomic E-state index is 0.134. The highest BCUT2D eigenvalue weighted by Crippen LogP contribution is 2.16. The number of nitrogens with zero attached hydrogens (tertiary/aromatic N) is 3. The average molecular weight is 288 g/mol. The summed E-state index contributed by atoms with van der Waals surface area (Å²) in [6.07, 6.45) is 1.67. The molecule has 0 aromatic rings. The first kappa shape index (κ1) is 15.9. The van der Waals surface area contributed by atoms with Crippen LogP contribution in [0, 0.1) is 11.3 Å². The SMILES string of the molecule is CC(=O)NC1CCCN(S(=O)(=O)N(C)CCC#N)C1. The minimum Gasteiger partial charge on any atom is -0.352 e. The molecule has 1 fully saturated rings. The largest absolute Gasteiger partial charge is 0.352 e. The fourth-order valence-corrected chi connectivity index (χ4v) is 3.52. The van der Waals surface area contributed by atoms with Crippen molar-refractivity contribution in [2.24, 2.45) is 0 Å². The molecule has 0 aliphatic carbocycles. The van der Waals surface area contributed by atoms with E-state index in [0.29, 0.717) is 13.1 Å². The molecule has 0 aromatic carbocycles. The van der Waals surface area contributed by atoms with Crippen molar-refractivity contribution in [3.05, 3.63) is 0 Å². The van der Waals surface area contributed by atoms with Gasteiger partial charge in [-0.15, -0.1) is 0 Å². The van der Waals surface area contributed by atoms with Crippen LogP contribution in [0.25, 0.3) is 0 Å². The third-order valence-electron chi connectivity index (χ3n) is 3.05. The minimum atomic E-state index is -3.54. The first-order chi connectivity index (χ1) is 8.87. The van der Waals surface area contributed by atoms with Crippen LogP contribution in [-0.2, 0) is 15.0 Å². The number of carbonyl (C=O) groups excluding carboxylic acids is 1. The lowest BCUT2D eigenvalue weighted by Crippen LogP contribution is -2.52. The second-order valence-electron chi connectivity index (χ2n) is 4.64. The molecule has 0 radical (unpaired) electrons. The standard InChI is InChI=1S/C11H20N4O3S/c1-10(16)13-11-5-3-8-15(9-11)19(17,18)14(2)7-4-6-12/h11H,3-5,7-9H2,1-2H3,(H,13,16). The lowest BCUT2D eigenvalue weighted by molar-refractivity contribution is -0.119. The van der Waals surface area contributed by atoms with Crippen molar-refractivity contribution in [2.75, 3.05) is 26.7 Å². The Morgan fingerprint density at radius 1 is 1.58 bits per heavy atom. The Morgan fingerprint density at radius 2 is 2.26 bits per heavy atom. The van der Waals surface area contributed by atoms with E-state index in [1.165, 1.54) is 22.6 Å². The molecule has 0 spiro atoms. The first-order valence-corrected chi connectivity index (χ1v) is 7.63. The highest BCUT2D eigenvalue weighted by Gasteiger charge is 2.31. The molecule has 1 rings (SSSR count). The smallest absolute Gasteiger partial charge is 0.281 e. The molecule has 0 aromatic heterocycles. The molecule has 8 heteroatoms. The van der Waals surface area contributed by atoms with Crippen LogP contribution in [0.4, 0.5) is 0 Å². The second kappa shape index (κ2) is 6.84. The molecular weight excluding hydrogens is 268 g/mol. The third kappa shape index (κ3) is 4.45. The number of hydrogen-bond acceptors (Lipinski definition) is 4. The third-order valence-corrected chi connectivity index (χ3v) is 5.00. The molecule has 0 saturated carbocycles. The normalized spacial score (nSPS) is 21.1. The summed E-state index contributed by atoms with van der Waals surface area (Å²) in [5.41, 5.74) is 0. The van der Waals surface area contributed by atoms with Gasteiger partial charge in [0.1, 0.15) is 0 Å². The van der Waals surface area contributed by atoms with Gasteiger partial charge < -0.3 is 5.32 Å². The van der Waals surface area contributed by atoms with Gasteiger partial charge in [-0.25, -0.2) is 0 Å². The van der Waals surface area contributed by atoms with E-state index in [9.17, 15) is 13.2 Å². The first-order valence-electron chi connectivity index (χ1n) is 6.23. The van der Waals surface area contributed by atoms with Crippen molar-refractivity contribution in [2.45, 2.75) is 32.2 Å². The zero-order valence-electron chi connectivity index (χ0n) is 11.3. The summed E-state index contributed by atoms with van der Waals surface area (Å²) in [6.45, 7) is 2.35. The number of nitriles is 1. The molecule has 108 valence electrons. The summed E-state index contributed by atoms with van der Waals surface area (Å²) in [6, 6.07) is 1.79. The van der Waals surface area contributed by atoms with Crippen LogP contribution >= 0.6 is 0 Å². The lowest BCUT2D eigenvalue weighted by Gasteiger charge is -2.34. The molecule has 19 heavy (non-hydrogen) atoms. The number of nitrogens with one attached hydrogen (secondary N) is 1. The molecular formula is C11H20N4O3S. The van der Waals surface area contributed by atoms with Crippen LogP contribution in [0.3, 0.4) is 0 Å². The van der Waals surface area contributed by atoms with Gasteiger partial charge in [-0.1, -0.05) is 0 Å². The monoisotopic (exact) mass is 288 g/mol. The van der Waals surface area contributed by atoms with Gasteiger partial charge in [0, 0.05) is 46.1 Å². The van der Waals surface area contributed by atoms with E-state index in [1.54, 1.807) is 0 Å². The van der Waals surface area contributed by atoms with Crippen LogP contribution in [0.5, 0.6) is 0 Å². The molecule has 1 aliphatic heterocycles. The quantitative estimate of drug-likeness (QED) is 0.750. The highest BCUT2D eigenvalue weighted by atomic mass is 32.2. The van der Waals surface area contributed by atoms with E-state index in [4.69, 9.17) is 5.26 Å². The van der Waals surface area contributed by atoms with E-state index < -0.39 is 10.2 Å². The van der Waals surface area contributed by atoms with Crippen molar-refractivity contribution in [1.29, 1.82) is 5.26 Å². The molecule has 1 unspecified atom stereocenters. The molecule has 1 N–H and O–H groups in total. The zero-order chi connectivity index (χ0) is 14.5. The number of carbonyl (C=O) groups is 1. The molecule has 1 amide bonds. The van der Waals surface area contributed by atoms with Crippen LogP contribution in [-0.4, -0.2) is 55.7 Å². The number of piperidine rings is 1. The molecule has 1 atom stereocenters. The number of rotatable bonds is 5. The average Bonchev–Trinajstić information content (AvgIpc) is 2.35. The summed E-state index contributed by atoms with van der Waals surface area (Å²) in [7, 11) is -2.07. The number of hydrogen-bond donors (Lipinski definition) is 1. The van der Waals surface area contributed by atoms with Gasteiger partial charge in [0.2, 0.25) is 5.91 Å². The summed E-state index contributed by atoms with van der Waals surface area (Å²) in [4.78, 5) is 11.0. The summed E-state index contributed by atoms with van der Waals surface area (Å²) in [5.74, 6) is -0.151. The maximum Gasteiger partial charge on any atom is 0.281 e. The second-order valence-corrected chi connectivity index (χ2v) is 6.67. The zero-order valence-corrected chi connectivity index (χ0v) is 12.1. The van der Waals surface area contributed by atoms with Gasteiger partial charge in [0.05, 0.1) is 6.07 Å². The lowest BCUT2D eigenvalue weighted by atomic mass is 10.1. The Balaban J connectivity index is 2.67. The highest BCUT2D eigenvalue weighted by molar-refractivity contribution is 7.86. The van der Waals surface area contributed by atoms with Gasteiger partial charge in [-0.05, 0) is 12.8 Å². The van der Waals surface area contributed by atoms with Gasteiger partial charge >= 0.3 is 0 Å². The predicted molar refractivity (Wildman–Crippen MR) is 70.2 cm³/mol. The fraction of sp³-hybridized carbons (Fsp3) is 0.818. The van der Waals surface area contributed by atoms with Gasteiger partial charge in [0.15, 0.2) is 0 Å². The van der Waals surface area contributed by atoms with Gasteiger partial charge in [0.25, 0.3) is 10.2 Å². The van der Waals surface area contributed by atoms with E-state index >= 15 is 0 Å². The fourth-order valence-electron chi connectivity index (χ4n) is 2.08. The van der Waals surface area contributed by atoms with Crippen molar-refractivity contribution in [1.82, 2.24) is 13.9 Å². The van der Waals surface area contributed by atoms with E-state index in [0.717, 1.165) is 12.8 Å². The molecule has 1 heterocycles. The van der Waals surface area contributed by atoms with Crippen LogP contribution in [0.15, 0.2) is 0 Å². The van der Waals surface area contributed by atoms with E-state index in [2.05, 4.69) is 5.32 Å². The predicted octanol–water partition coefficient (Wildman–Crippen LogP) is -0.323. The number of amides is 1. The Morgan fingerprint density at radius 3 is 2.84 bits per heavy atom. The Kier molecular flexibility index (Phi) is 5.72. The summed E-state index contributed by atoms with van der Waals surface area (Å²) in [5, 5.41) is 11.2. The van der Waals surface area contributed by atoms with Gasteiger partial charge in [-0.3, -0.25) is 4.79 Å². The maximum atomic E-state index is 12.3. The molecule has 0 bridgehead atoms. The summed E-state index contributed by atoms with van der Waals surface area (Å²) < 4.78 is 27.1. The van der Waals surface area contributed by atoms with Crippen molar-refractivity contribution >= 4 is 16.1 Å². The van der Waals surface area contributed by atoms with Crippen molar-refractivity contribution < 1.29 is 13.2 Å². The molecule has 7 nitrogen and oxygen atoms in total. The molecule has 1 aliphatic rings. The Hall–Kier alpha value is -1.17. The van der Waals surface area contributed by atoms with Crippen molar-refractivity contribution in [3.8, 4) is 6.07 Å². The Bertz CT molecular complexity index is 457. The van der Waals surface area contributed by atoms with E-state index in [1.807, 2.05) is 6.07 Å². The Labute approximate surface area is 114 Å². The van der Waals surface area contributed by atoms with Crippen LogP contribution in [0.1, 0.15) is 26.2 Å². The summed E-state index contributed by atoms with van der Waals surface area (Å²) >= 11 is 0. The maximum absolute atomic E-state index is 12.3. The van der Waals surface area contributed by atoms with E-state index in [-0.39, 0.29) is 24.9 Å². The van der Waals surface area contributed by atoms with Crippen LogP contribution < -0.4 is 5.32 Å².